The highest BCUT2D eigenvalue weighted by atomic mass is 16.3. The molecule has 0 aromatic rings. The molecule has 0 spiro atoms. The van der Waals surface area contributed by atoms with Crippen LogP contribution in [0.1, 0.15) is 40.0 Å². The van der Waals surface area contributed by atoms with Gasteiger partial charge in [-0.15, -0.1) is 0 Å². The third-order valence-corrected chi connectivity index (χ3v) is 2.86. The molecule has 0 aromatic heterocycles. The Bertz CT molecular complexity index is 151. The van der Waals surface area contributed by atoms with Crippen molar-refractivity contribution in [1.82, 2.24) is 4.90 Å². The van der Waals surface area contributed by atoms with Gasteiger partial charge in [0.1, 0.15) is 0 Å². The van der Waals surface area contributed by atoms with Crippen LogP contribution in [0.15, 0.2) is 0 Å². The van der Waals surface area contributed by atoms with Gasteiger partial charge in [0, 0.05) is 6.04 Å². The van der Waals surface area contributed by atoms with Gasteiger partial charge in [0.25, 0.3) is 0 Å². The number of rotatable bonds is 3. The number of nitrogens with zero attached hydrogens (tertiary/aromatic N) is 1. The lowest BCUT2D eigenvalue weighted by Crippen LogP contribution is -2.34. The van der Waals surface area contributed by atoms with Gasteiger partial charge in [0.2, 0.25) is 0 Å². The van der Waals surface area contributed by atoms with Crippen molar-refractivity contribution in [3.8, 4) is 0 Å². The Morgan fingerprint density at radius 1 is 1.38 bits per heavy atom. The lowest BCUT2D eigenvalue weighted by molar-refractivity contribution is 0.145. The van der Waals surface area contributed by atoms with Crippen molar-refractivity contribution >= 4 is 0 Å². The van der Waals surface area contributed by atoms with E-state index in [1.54, 1.807) is 0 Å². The van der Waals surface area contributed by atoms with Crippen LogP contribution in [0.5, 0.6) is 0 Å². The molecule has 0 aliphatic carbocycles. The zero-order chi connectivity index (χ0) is 9.90. The number of aliphatic hydroxyl groups excluding tert-OH is 1. The molecule has 0 bridgehead atoms. The number of aliphatic hydroxyl groups is 1. The molecular weight excluding hydrogens is 162 g/mol. The Balaban J connectivity index is 2.28. The Morgan fingerprint density at radius 3 is 2.62 bits per heavy atom. The lowest BCUT2D eigenvalue weighted by Gasteiger charge is -2.27. The van der Waals surface area contributed by atoms with E-state index in [0.717, 1.165) is 6.54 Å². The molecule has 1 aliphatic rings. The Labute approximate surface area is 81.9 Å². The van der Waals surface area contributed by atoms with Gasteiger partial charge in [-0.2, -0.15) is 0 Å². The third-order valence-electron chi connectivity index (χ3n) is 2.86. The van der Waals surface area contributed by atoms with Crippen LogP contribution >= 0.6 is 0 Å². The quantitative estimate of drug-likeness (QED) is 0.725. The maximum Gasteiger partial charge on any atom is 0.0586 e. The summed E-state index contributed by atoms with van der Waals surface area (Å²) in [5.74, 6) is 0. The average molecular weight is 185 g/mol. The molecule has 0 aromatic carbocycles. The molecule has 1 unspecified atom stereocenters. The second kappa shape index (κ2) is 4.43. The van der Waals surface area contributed by atoms with Crippen LogP contribution in [-0.2, 0) is 0 Å². The van der Waals surface area contributed by atoms with Crippen molar-refractivity contribution in [2.45, 2.75) is 46.1 Å². The minimum Gasteiger partial charge on any atom is -0.395 e. The number of likely N-dealkylation sites (tertiary alicyclic amines) is 1. The molecule has 1 atom stereocenters. The van der Waals surface area contributed by atoms with Gasteiger partial charge < -0.3 is 5.11 Å². The summed E-state index contributed by atoms with van der Waals surface area (Å²) >= 11 is 0. The predicted molar refractivity (Wildman–Crippen MR) is 55.8 cm³/mol. The first-order valence-electron chi connectivity index (χ1n) is 5.38. The van der Waals surface area contributed by atoms with Gasteiger partial charge in [-0.25, -0.2) is 0 Å². The summed E-state index contributed by atoms with van der Waals surface area (Å²) in [4.78, 5) is 2.44. The normalized spacial score (nSPS) is 25.4. The summed E-state index contributed by atoms with van der Waals surface area (Å²) in [6, 6.07) is 0.447. The van der Waals surface area contributed by atoms with Gasteiger partial charge in [0.05, 0.1) is 6.61 Å². The van der Waals surface area contributed by atoms with E-state index in [1.807, 2.05) is 0 Å². The standard InChI is InChI=1S/C11H23NO/c1-11(2,3)6-8-12-7-4-5-10(12)9-13/h10,13H,4-9H2,1-3H3. The van der Waals surface area contributed by atoms with Crippen molar-refractivity contribution < 1.29 is 5.11 Å². The van der Waals surface area contributed by atoms with Gasteiger partial charge in [-0.05, 0) is 37.8 Å². The zero-order valence-electron chi connectivity index (χ0n) is 9.21. The van der Waals surface area contributed by atoms with Gasteiger partial charge in [-0.1, -0.05) is 20.8 Å². The van der Waals surface area contributed by atoms with Gasteiger partial charge >= 0.3 is 0 Å². The van der Waals surface area contributed by atoms with E-state index in [4.69, 9.17) is 5.11 Å². The van der Waals surface area contributed by atoms with Crippen molar-refractivity contribution in [1.29, 1.82) is 0 Å². The highest BCUT2D eigenvalue weighted by molar-refractivity contribution is 4.79. The van der Waals surface area contributed by atoms with E-state index in [1.165, 1.54) is 25.8 Å². The molecule has 1 fully saturated rings. The molecule has 1 aliphatic heterocycles. The second-order valence-corrected chi connectivity index (χ2v) is 5.33. The smallest absolute Gasteiger partial charge is 0.0586 e. The first-order valence-corrected chi connectivity index (χ1v) is 5.38. The molecule has 2 nitrogen and oxygen atoms in total. The van der Waals surface area contributed by atoms with Crippen LogP contribution in [0.2, 0.25) is 0 Å². The van der Waals surface area contributed by atoms with E-state index < -0.39 is 0 Å². The van der Waals surface area contributed by atoms with Crippen LogP contribution in [0.4, 0.5) is 0 Å². The van der Waals surface area contributed by atoms with Crippen molar-refractivity contribution in [3.05, 3.63) is 0 Å². The topological polar surface area (TPSA) is 23.5 Å². The van der Waals surface area contributed by atoms with E-state index in [-0.39, 0.29) is 0 Å². The highest BCUT2D eigenvalue weighted by Crippen LogP contribution is 2.23. The van der Waals surface area contributed by atoms with Crippen LogP contribution in [-0.4, -0.2) is 35.7 Å². The van der Waals surface area contributed by atoms with E-state index in [0.29, 0.717) is 18.1 Å². The summed E-state index contributed by atoms with van der Waals surface area (Å²) in [6.07, 6.45) is 3.67. The minimum absolute atomic E-state index is 0.337. The van der Waals surface area contributed by atoms with Crippen molar-refractivity contribution in [3.63, 3.8) is 0 Å². The maximum absolute atomic E-state index is 9.12. The van der Waals surface area contributed by atoms with Crippen LogP contribution in [0, 0.1) is 5.41 Å². The molecule has 2 heteroatoms. The largest absolute Gasteiger partial charge is 0.395 e. The van der Waals surface area contributed by atoms with E-state index in [2.05, 4.69) is 25.7 Å². The summed E-state index contributed by atoms with van der Waals surface area (Å²) in [5.41, 5.74) is 0.419. The number of hydrogen-bond acceptors (Lipinski definition) is 2. The summed E-state index contributed by atoms with van der Waals surface area (Å²) in [6.45, 7) is 9.49. The lowest BCUT2D eigenvalue weighted by atomic mass is 9.92. The predicted octanol–water partition coefficient (Wildman–Crippen LogP) is 1.88. The minimum atomic E-state index is 0.337. The molecule has 0 radical (unpaired) electrons. The maximum atomic E-state index is 9.12. The summed E-state index contributed by atoms with van der Waals surface area (Å²) in [5, 5.41) is 9.12. The Hall–Kier alpha value is -0.0800. The Morgan fingerprint density at radius 2 is 2.08 bits per heavy atom. The first-order chi connectivity index (χ1) is 6.03. The zero-order valence-corrected chi connectivity index (χ0v) is 9.21. The Kier molecular flexibility index (Phi) is 3.74. The molecule has 78 valence electrons. The second-order valence-electron chi connectivity index (χ2n) is 5.33. The molecule has 0 saturated carbocycles. The fourth-order valence-corrected chi connectivity index (χ4v) is 1.88. The van der Waals surface area contributed by atoms with Crippen molar-refractivity contribution in [2.75, 3.05) is 19.7 Å². The van der Waals surface area contributed by atoms with Crippen molar-refractivity contribution in [2.24, 2.45) is 5.41 Å². The number of hydrogen-bond donors (Lipinski definition) is 1. The first kappa shape index (κ1) is 11.0. The average Bonchev–Trinajstić information content (AvgIpc) is 2.46. The van der Waals surface area contributed by atoms with Crippen LogP contribution in [0.25, 0.3) is 0 Å². The molecular formula is C11H23NO. The molecule has 0 amide bonds. The molecule has 1 saturated heterocycles. The molecule has 13 heavy (non-hydrogen) atoms. The SMILES string of the molecule is CC(C)(C)CCN1CCCC1CO. The van der Waals surface area contributed by atoms with Gasteiger partial charge in [0.15, 0.2) is 0 Å². The van der Waals surface area contributed by atoms with Crippen LogP contribution < -0.4 is 0 Å². The molecule has 1 N–H and O–H groups in total. The van der Waals surface area contributed by atoms with Crippen LogP contribution in [0.3, 0.4) is 0 Å². The summed E-state index contributed by atoms with van der Waals surface area (Å²) < 4.78 is 0. The fourth-order valence-electron chi connectivity index (χ4n) is 1.88. The fraction of sp³-hybridized carbons (Fsp3) is 1.00. The molecule has 1 rings (SSSR count). The highest BCUT2D eigenvalue weighted by Gasteiger charge is 2.24. The monoisotopic (exact) mass is 185 g/mol. The van der Waals surface area contributed by atoms with E-state index in [9.17, 15) is 0 Å². The molecule has 1 heterocycles. The third kappa shape index (κ3) is 3.65. The van der Waals surface area contributed by atoms with Gasteiger partial charge in [-0.3, -0.25) is 4.90 Å². The summed E-state index contributed by atoms with van der Waals surface area (Å²) in [7, 11) is 0. The van der Waals surface area contributed by atoms with E-state index >= 15 is 0 Å².